The largest absolute Gasteiger partial charge is 0.349 e. The molecule has 2 N–H and O–H groups in total. The van der Waals surface area contributed by atoms with Gasteiger partial charge in [-0.05, 0) is 0 Å². The lowest BCUT2D eigenvalue weighted by atomic mass is 10.8. The summed E-state index contributed by atoms with van der Waals surface area (Å²) in [6, 6.07) is 0. The molecule has 1 aromatic heterocycles. The van der Waals surface area contributed by atoms with Crippen LogP contribution in [0.3, 0.4) is 0 Å². The molecule has 13 heavy (non-hydrogen) atoms. The maximum Gasteiger partial charge on any atom is 0.209 e. The van der Waals surface area contributed by atoms with Crippen LogP contribution in [0.2, 0.25) is 0 Å². The van der Waals surface area contributed by atoms with E-state index >= 15 is 0 Å². The highest BCUT2D eigenvalue weighted by Crippen LogP contribution is 2.17. The van der Waals surface area contributed by atoms with E-state index in [9.17, 15) is 0 Å². The zero-order chi connectivity index (χ0) is 9.10. The molecule has 0 bridgehead atoms. The van der Waals surface area contributed by atoms with Crippen molar-refractivity contribution in [2.45, 2.75) is 11.4 Å². The van der Waals surface area contributed by atoms with E-state index < -0.39 is 0 Å². The van der Waals surface area contributed by atoms with E-state index in [0.29, 0.717) is 24.1 Å². The van der Waals surface area contributed by atoms with Crippen LogP contribution in [-0.4, -0.2) is 40.1 Å². The van der Waals surface area contributed by atoms with Gasteiger partial charge in [0.1, 0.15) is 6.33 Å². The fourth-order valence-electron chi connectivity index (χ4n) is 0.981. The van der Waals surface area contributed by atoms with Gasteiger partial charge in [0.05, 0.1) is 19.0 Å². The molecule has 1 saturated heterocycles. The molecule has 1 aromatic rings. The lowest BCUT2D eigenvalue weighted by Gasteiger charge is -2.06. The quantitative estimate of drug-likeness (QED) is 0.524. The van der Waals surface area contributed by atoms with Crippen LogP contribution in [0.25, 0.3) is 0 Å². The molecule has 0 aliphatic carbocycles. The van der Waals surface area contributed by atoms with Crippen LogP contribution in [0.15, 0.2) is 11.5 Å². The molecule has 7 heteroatoms. The normalized spacial score (nSPS) is 18.2. The highest BCUT2D eigenvalue weighted by molar-refractivity contribution is 7.99. The van der Waals surface area contributed by atoms with Crippen LogP contribution in [0.4, 0.5) is 0 Å². The van der Waals surface area contributed by atoms with Crippen molar-refractivity contribution < 1.29 is 9.47 Å². The molecule has 6 nitrogen and oxygen atoms in total. The van der Waals surface area contributed by atoms with Gasteiger partial charge in [0.15, 0.2) is 6.29 Å². The smallest absolute Gasteiger partial charge is 0.209 e. The predicted octanol–water partition coefficient (Wildman–Crippen LogP) is -0.543. The maximum atomic E-state index is 5.51. The van der Waals surface area contributed by atoms with Crippen LogP contribution >= 0.6 is 11.8 Å². The van der Waals surface area contributed by atoms with Crippen molar-refractivity contribution >= 4 is 11.8 Å². The Morgan fingerprint density at radius 3 is 3.00 bits per heavy atom. The van der Waals surface area contributed by atoms with Crippen LogP contribution in [0, 0.1) is 0 Å². The van der Waals surface area contributed by atoms with Gasteiger partial charge < -0.3 is 15.3 Å². The van der Waals surface area contributed by atoms with Gasteiger partial charge in [0.2, 0.25) is 5.16 Å². The summed E-state index contributed by atoms with van der Waals surface area (Å²) in [7, 11) is 0. The number of ether oxygens (including phenoxy) is 2. The first kappa shape index (κ1) is 8.79. The molecular formula is C6H10N4O2S. The Kier molecular flexibility index (Phi) is 2.67. The molecule has 2 rings (SSSR count). The zero-order valence-electron chi connectivity index (χ0n) is 6.92. The van der Waals surface area contributed by atoms with Gasteiger partial charge in [0.25, 0.3) is 0 Å². The zero-order valence-corrected chi connectivity index (χ0v) is 7.74. The Morgan fingerprint density at radius 1 is 1.62 bits per heavy atom. The summed E-state index contributed by atoms with van der Waals surface area (Å²) in [5, 5.41) is 8.13. The second kappa shape index (κ2) is 3.95. The van der Waals surface area contributed by atoms with Gasteiger partial charge in [-0.2, -0.15) is 0 Å². The van der Waals surface area contributed by atoms with Gasteiger partial charge in [-0.15, -0.1) is 10.2 Å². The number of hydrogen-bond donors (Lipinski definition) is 1. The number of hydrogen-bond acceptors (Lipinski definition) is 6. The fraction of sp³-hybridized carbons (Fsp3) is 0.667. The summed E-state index contributed by atoms with van der Waals surface area (Å²) in [4.78, 5) is 0. The van der Waals surface area contributed by atoms with Crippen molar-refractivity contribution in [3.8, 4) is 0 Å². The molecule has 0 radical (unpaired) electrons. The van der Waals surface area contributed by atoms with Crippen molar-refractivity contribution in [3.63, 3.8) is 0 Å². The highest BCUT2D eigenvalue weighted by Gasteiger charge is 2.17. The Balaban J connectivity index is 1.82. The number of nitrogens with two attached hydrogens (primary N) is 1. The molecule has 72 valence electrons. The van der Waals surface area contributed by atoms with Crippen LogP contribution in [0.5, 0.6) is 0 Å². The second-order valence-electron chi connectivity index (χ2n) is 2.50. The Labute approximate surface area is 79.4 Å². The van der Waals surface area contributed by atoms with Gasteiger partial charge in [-0.1, -0.05) is 11.8 Å². The first-order valence-corrected chi connectivity index (χ1v) is 4.86. The number of nitrogen functional groups attached to an aromatic ring is 1. The lowest BCUT2D eigenvalue weighted by Crippen LogP contribution is -2.13. The molecule has 0 unspecified atom stereocenters. The molecule has 0 amide bonds. The van der Waals surface area contributed by atoms with Crippen molar-refractivity contribution in [1.82, 2.24) is 14.9 Å². The minimum atomic E-state index is -0.137. The molecule has 1 fully saturated rings. The first-order valence-electron chi connectivity index (χ1n) is 3.87. The van der Waals surface area contributed by atoms with Gasteiger partial charge in [-0.3, -0.25) is 0 Å². The monoisotopic (exact) mass is 202 g/mol. The van der Waals surface area contributed by atoms with E-state index in [0.717, 1.165) is 0 Å². The summed E-state index contributed by atoms with van der Waals surface area (Å²) < 4.78 is 11.9. The Hall–Kier alpha value is -0.790. The molecule has 2 heterocycles. The summed E-state index contributed by atoms with van der Waals surface area (Å²) in [6.07, 6.45) is 1.32. The third-order valence-electron chi connectivity index (χ3n) is 1.58. The van der Waals surface area contributed by atoms with Gasteiger partial charge in [0, 0.05) is 0 Å². The highest BCUT2D eigenvalue weighted by atomic mass is 32.2. The topological polar surface area (TPSA) is 75.2 Å². The number of rotatable bonds is 3. The van der Waals surface area contributed by atoms with E-state index in [1.54, 1.807) is 0 Å². The van der Waals surface area contributed by atoms with Crippen molar-refractivity contribution in [2.24, 2.45) is 0 Å². The number of aromatic nitrogens is 3. The Bertz CT molecular complexity index is 273. The van der Waals surface area contributed by atoms with Crippen LogP contribution in [0.1, 0.15) is 0 Å². The molecule has 1 aliphatic rings. The number of nitrogens with zero attached hydrogens (tertiary/aromatic N) is 3. The van der Waals surface area contributed by atoms with Gasteiger partial charge in [-0.25, -0.2) is 4.68 Å². The SMILES string of the molecule is Nn1cnnc1SCC1OCCO1. The van der Waals surface area contributed by atoms with E-state index in [2.05, 4.69) is 10.2 Å². The van der Waals surface area contributed by atoms with Crippen molar-refractivity contribution in [3.05, 3.63) is 6.33 Å². The fourth-order valence-corrected chi connectivity index (χ4v) is 1.76. The van der Waals surface area contributed by atoms with Crippen molar-refractivity contribution in [1.29, 1.82) is 0 Å². The average Bonchev–Trinajstić information content (AvgIpc) is 2.72. The van der Waals surface area contributed by atoms with Gasteiger partial charge >= 0.3 is 0 Å². The third-order valence-corrected chi connectivity index (χ3v) is 2.57. The summed E-state index contributed by atoms with van der Waals surface area (Å²) >= 11 is 1.47. The van der Waals surface area contributed by atoms with Crippen molar-refractivity contribution in [2.75, 3.05) is 24.8 Å². The second-order valence-corrected chi connectivity index (χ2v) is 3.49. The minimum Gasteiger partial charge on any atom is -0.349 e. The van der Waals surface area contributed by atoms with Crippen LogP contribution < -0.4 is 5.84 Å². The standard InChI is InChI=1S/C6H10N4O2S/c7-10-4-8-9-6(10)13-3-5-11-1-2-12-5/h4-5H,1-3,7H2. The van der Waals surface area contributed by atoms with Crippen LogP contribution in [-0.2, 0) is 9.47 Å². The molecule has 1 aliphatic heterocycles. The summed E-state index contributed by atoms with van der Waals surface area (Å²) in [5.41, 5.74) is 0. The maximum absolute atomic E-state index is 5.51. The first-order chi connectivity index (χ1) is 6.36. The molecular weight excluding hydrogens is 192 g/mol. The molecule has 0 spiro atoms. The Morgan fingerprint density at radius 2 is 2.38 bits per heavy atom. The summed E-state index contributed by atoms with van der Waals surface area (Å²) in [5.74, 6) is 6.20. The van der Waals surface area contributed by atoms with E-state index in [4.69, 9.17) is 15.3 Å². The van der Waals surface area contributed by atoms with E-state index in [1.165, 1.54) is 22.8 Å². The summed E-state index contributed by atoms with van der Waals surface area (Å²) in [6.45, 7) is 1.33. The molecule has 0 saturated carbocycles. The third kappa shape index (κ3) is 2.11. The lowest BCUT2D eigenvalue weighted by molar-refractivity contribution is -0.0215. The predicted molar refractivity (Wildman–Crippen MR) is 46.6 cm³/mol. The molecule has 0 atom stereocenters. The minimum absolute atomic E-state index is 0.137. The molecule has 0 aromatic carbocycles. The average molecular weight is 202 g/mol. The van der Waals surface area contributed by atoms with E-state index in [-0.39, 0.29) is 6.29 Å². The van der Waals surface area contributed by atoms with E-state index in [1.807, 2.05) is 0 Å². The number of thioether (sulfide) groups is 1.